The monoisotopic (exact) mass is 357 g/mol. The molecule has 0 heterocycles. The van der Waals surface area contributed by atoms with E-state index in [0.29, 0.717) is 16.5 Å². The van der Waals surface area contributed by atoms with E-state index in [-0.39, 0.29) is 12.6 Å². The van der Waals surface area contributed by atoms with Crippen molar-refractivity contribution in [3.63, 3.8) is 0 Å². The highest BCUT2D eigenvalue weighted by Gasteiger charge is 2.07. The maximum Gasteiger partial charge on any atom is 0.320 e. The molecule has 0 bridgehead atoms. The highest BCUT2D eigenvalue weighted by Crippen LogP contribution is 2.27. The number of amides is 2. The molecular weight excluding hydrogens is 338 g/mol. The van der Waals surface area contributed by atoms with Crippen molar-refractivity contribution < 1.29 is 9.53 Å². The van der Waals surface area contributed by atoms with Gasteiger partial charge in [-0.1, -0.05) is 23.4 Å². The molecule has 0 aromatic heterocycles. The van der Waals surface area contributed by atoms with Gasteiger partial charge in [0.15, 0.2) is 0 Å². The van der Waals surface area contributed by atoms with Gasteiger partial charge in [0.2, 0.25) is 0 Å². The first-order valence-electron chi connectivity index (χ1n) is 7.64. The van der Waals surface area contributed by atoms with Gasteiger partial charge in [0.05, 0.1) is 19.3 Å². The van der Waals surface area contributed by atoms with Gasteiger partial charge in [-0.05, 0) is 42.5 Å². The molecule has 6 heteroatoms. The van der Waals surface area contributed by atoms with E-state index < -0.39 is 0 Å². The minimum atomic E-state index is -0.377. The summed E-state index contributed by atoms with van der Waals surface area (Å²) in [7, 11) is 5.50. The molecule has 0 fully saturated rings. The van der Waals surface area contributed by atoms with Crippen molar-refractivity contribution >= 4 is 29.0 Å². The van der Waals surface area contributed by atoms with Crippen molar-refractivity contribution in [3.8, 4) is 17.6 Å². The molecule has 0 aliphatic carbocycles. The molecule has 0 aliphatic rings. The van der Waals surface area contributed by atoms with Crippen molar-refractivity contribution in [2.24, 2.45) is 0 Å². The molecule has 2 aromatic rings. The average molecular weight is 358 g/mol. The van der Waals surface area contributed by atoms with Gasteiger partial charge in [0.25, 0.3) is 0 Å². The minimum Gasteiger partial charge on any atom is -0.495 e. The fraction of sp³-hybridized carbons (Fsp3) is 0.211. The SMILES string of the molecule is COc1ccc(Cl)cc1NC(=O)NCC#Cc1ccc(N(C)C)cc1. The summed E-state index contributed by atoms with van der Waals surface area (Å²) in [4.78, 5) is 13.9. The molecule has 0 radical (unpaired) electrons. The Balaban J connectivity index is 1.88. The second kappa shape index (κ2) is 8.86. The number of benzene rings is 2. The zero-order valence-corrected chi connectivity index (χ0v) is 15.1. The summed E-state index contributed by atoms with van der Waals surface area (Å²) in [5, 5.41) is 5.87. The van der Waals surface area contributed by atoms with Gasteiger partial charge in [0.1, 0.15) is 5.75 Å². The number of ether oxygens (including phenoxy) is 1. The molecule has 0 aliphatic heterocycles. The lowest BCUT2D eigenvalue weighted by Crippen LogP contribution is -2.29. The number of anilines is 2. The third-order valence-corrected chi connectivity index (χ3v) is 3.60. The fourth-order valence-corrected chi connectivity index (χ4v) is 2.23. The zero-order valence-electron chi connectivity index (χ0n) is 14.4. The first kappa shape index (κ1) is 18.5. The lowest BCUT2D eigenvalue weighted by atomic mass is 10.2. The van der Waals surface area contributed by atoms with E-state index in [1.54, 1.807) is 18.2 Å². The smallest absolute Gasteiger partial charge is 0.320 e. The van der Waals surface area contributed by atoms with Crippen LogP contribution in [0.2, 0.25) is 5.02 Å². The number of rotatable bonds is 4. The molecule has 0 atom stereocenters. The van der Waals surface area contributed by atoms with E-state index in [2.05, 4.69) is 22.5 Å². The minimum absolute atomic E-state index is 0.226. The van der Waals surface area contributed by atoms with Crippen molar-refractivity contribution in [1.29, 1.82) is 0 Å². The van der Waals surface area contributed by atoms with Crippen LogP contribution in [0.15, 0.2) is 42.5 Å². The Bertz CT molecular complexity index is 793. The van der Waals surface area contributed by atoms with E-state index in [9.17, 15) is 4.79 Å². The lowest BCUT2D eigenvalue weighted by molar-refractivity contribution is 0.253. The van der Waals surface area contributed by atoms with Crippen molar-refractivity contribution in [3.05, 3.63) is 53.1 Å². The van der Waals surface area contributed by atoms with Crippen LogP contribution >= 0.6 is 11.6 Å². The van der Waals surface area contributed by atoms with Crippen molar-refractivity contribution in [2.75, 3.05) is 38.0 Å². The zero-order chi connectivity index (χ0) is 18.2. The predicted molar refractivity (Wildman–Crippen MR) is 103 cm³/mol. The lowest BCUT2D eigenvalue weighted by Gasteiger charge is -2.11. The number of halogens is 1. The van der Waals surface area contributed by atoms with Crippen LogP contribution < -0.4 is 20.3 Å². The molecule has 130 valence electrons. The number of carbonyl (C=O) groups excluding carboxylic acids is 1. The average Bonchev–Trinajstić information content (AvgIpc) is 2.59. The number of hydrogen-bond donors (Lipinski definition) is 2. The molecule has 0 unspecified atom stereocenters. The molecule has 0 saturated heterocycles. The highest BCUT2D eigenvalue weighted by atomic mass is 35.5. The summed E-state index contributed by atoms with van der Waals surface area (Å²) in [6.45, 7) is 0.226. The summed E-state index contributed by atoms with van der Waals surface area (Å²) in [6.07, 6.45) is 0. The topological polar surface area (TPSA) is 53.6 Å². The Morgan fingerprint density at radius 3 is 2.56 bits per heavy atom. The number of urea groups is 1. The summed E-state index contributed by atoms with van der Waals surface area (Å²) < 4.78 is 5.18. The standard InChI is InChI=1S/C19H20ClN3O2/c1-23(2)16-9-6-14(7-10-16)5-4-12-21-19(24)22-17-13-15(20)8-11-18(17)25-3/h6-11,13H,12H2,1-3H3,(H2,21,22,24). The Morgan fingerprint density at radius 2 is 1.92 bits per heavy atom. The fourth-order valence-electron chi connectivity index (χ4n) is 2.06. The number of methoxy groups -OCH3 is 1. The van der Waals surface area contributed by atoms with Crippen LogP contribution in [-0.4, -0.2) is 33.8 Å². The Kier molecular flexibility index (Phi) is 6.55. The van der Waals surface area contributed by atoms with Crippen molar-refractivity contribution in [2.45, 2.75) is 0 Å². The highest BCUT2D eigenvalue weighted by molar-refractivity contribution is 6.31. The van der Waals surface area contributed by atoms with Gasteiger partial charge in [0, 0.05) is 30.4 Å². The molecule has 5 nitrogen and oxygen atoms in total. The summed E-state index contributed by atoms with van der Waals surface area (Å²) in [5.41, 5.74) is 2.50. The van der Waals surface area contributed by atoms with E-state index in [1.165, 1.54) is 7.11 Å². The second-order valence-electron chi connectivity index (χ2n) is 5.40. The van der Waals surface area contributed by atoms with Crippen molar-refractivity contribution in [1.82, 2.24) is 5.32 Å². The molecule has 2 aromatic carbocycles. The number of carbonyl (C=O) groups is 1. The van der Waals surface area contributed by atoms with E-state index in [4.69, 9.17) is 16.3 Å². The van der Waals surface area contributed by atoms with Gasteiger partial charge in [-0.15, -0.1) is 0 Å². The van der Waals surface area contributed by atoms with Gasteiger partial charge in [-0.3, -0.25) is 0 Å². The van der Waals surface area contributed by atoms with Crippen LogP contribution in [0.3, 0.4) is 0 Å². The van der Waals surface area contributed by atoms with E-state index in [1.807, 2.05) is 43.3 Å². The first-order chi connectivity index (χ1) is 12.0. The van der Waals surface area contributed by atoms with Crippen LogP contribution in [0.5, 0.6) is 5.75 Å². The molecule has 25 heavy (non-hydrogen) atoms. The quantitative estimate of drug-likeness (QED) is 0.822. The van der Waals surface area contributed by atoms with Gasteiger partial charge in [-0.25, -0.2) is 4.79 Å². The Labute approximate surface area is 152 Å². The Hall–Kier alpha value is -2.84. The first-order valence-corrected chi connectivity index (χ1v) is 8.02. The van der Waals surface area contributed by atoms with Gasteiger partial charge >= 0.3 is 6.03 Å². The van der Waals surface area contributed by atoms with Crippen LogP contribution in [0, 0.1) is 11.8 Å². The van der Waals surface area contributed by atoms with Gasteiger partial charge < -0.3 is 20.3 Å². The van der Waals surface area contributed by atoms with E-state index >= 15 is 0 Å². The molecular formula is C19H20ClN3O2. The van der Waals surface area contributed by atoms with Crippen LogP contribution in [-0.2, 0) is 0 Å². The van der Waals surface area contributed by atoms with Crippen LogP contribution in [0.25, 0.3) is 0 Å². The maximum absolute atomic E-state index is 11.9. The summed E-state index contributed by atoms with van der Waals surface area (Å²) in [6, 6.07) is 12.5. The summed E-state index contributed by atoms with van der Waals surface area (Å²) in [5.74, 6) is 6.45. The van der Waals surface area contributed by atoms with Crippen LogP contribution in [0.1, 0.15) is 5.56 Å². The normalized spacial score (nSPS) is 9.60. The van der Waals surface area contributed by atoms with Crippen LogP contribution in [0.4, 0.5) is 16.2 Å². The van der Waals surface area contributed by atoms with Gasteiger partial charge in [-0.2, -0.15) is 0 Å². The third kappa shape index (κ3) is 5.63. The molecule has 0 spiro atoms. The molecule has 2 amide bonds. The Morgan fingerprint density at radius 1 is 1.20 bits per heavy atom. The third-order valence-electron chi connectivity index (χ3n) is 3.36. The number of nitrogens with one attached hydrogen (secondary N) is 2. The largest absolute Gasteiger partial charge is 0.495 e. The molecule has 2 N–H and O–H groups in total. The summed E-state index contributed by atoms with van der Waals surface area (Å²) >= 11 is 5.93. The number of nitrogens with zero attached hydrogens (tertiary/aromatic N) is 1. The number of hydrogen-bond acceptors (Lipinski definition) is 3. The van der Waals surface area contributed by atoms with E-state index in [0.717, 1.165) is 11.3 Å². The second-order valence-corrected chi connectivity index (χ2v) is 5.83. The molecule has 2 rings (SSSR count). The molecule has 0 saturated carbocycles. The maximum atomic E-state index is 11.9. The predicted octanol–water partition coefficient (Wildman–Crippen LogP) is 3.59.